The van der Waals surface area contributed by atoms with Gasteiger partial charge in [-0.05, 0) is 43.2 Å². The Bertz CT molecular complexity index is 987. The van der Waals surface area contributed by atoms with E-state index in [0.29, 0.717) is 31.0 Å². The highest BCUT2D eigenvalue weighted by Crippen LogP contribution is 2.50. The lowest BCUT2D eigenvalue weighted by Crippen LogP contribution is -2.28. The summed E-state index contributed by atoms with van der Waals surface area (Å²) >= 11 is 0. The van der Waals surface area contributed by atoms with Crippen LogP contribution in [0.1, 0.15) is 91.7 Å². The van der Waals surface area contributed by atoms with Crippen LogP contribution in [0, 0.1) is 5.92 Å². The van der Waals surface area contributed by atoms with Crippen molar-refractivity contribution in [1.82, 2.24) is 10.3 Å². The van der Waals surface area contributed by atoms with Gasteiger partial charge in [-0.15, -0.1) is 0 Å². The summed E-state index contributed by atoms with van der Waals surface area (Å²) in [6.07, 6.45) is 11.3. The topological polar surface area (TPSA) is 90.7 Å². The van der Waals surface area contributed by atoms with Gasteiger partial charge in [-0.1, -0.05) is 56.9 Å². The maximum atomic E-state index is 12.6. The van der Waals surface area contributed by atoms with Gasteiger partial charge < -0.3 is 19.2 Å². The summed E-state index contributed by atoms with van der Waals surface area (Å²) < 4.78 is 17.0. The van der Waals surface area contributed by atoms with Crippen LogP contribution in [0.4, 0.5) is 0 Å². The smallest absolute Gasteiger partial charge is 0.305 e. The first-order chi connectivity index (χ1) is 17.1. The molecular weight excluding hydrogens is 444 g/mol. The van der Waals surface area contributed by atoms with E-state index in [1.54, 1.807) is 0 Å². The number of hydrogen-bond acceptors (Lipinski definition) is 6. The minimum atomic E-state index is -0.201. The maximum absolute atomic E-state index is 12.6. The molecule has 0 spiro atoms. The largest absolute Gasteiger partial charge is 0.469 e. The Balaban J connectivity index is 1.40. The molecule has 2 aliphatic heterocycles. The zero-order chi connectivity index (χ0) is 24.6. The molecule has 0 saturated carbocycles. The third-order valence-electron chi connectivity index (χ3n) is 7.43. The monoisotopic (exact) mass is 482 g/mol. The number of nitrogens with one attached hydrogen (secondary N) is 1. The zero-order valence-electron chi connectivity index (χ0n) is 21.0. The molecule has 190 valence electrons. The number of fused-ring (bicyclic) bond motifs is 2. The first-order valence-corrected chi connectivity index (χ1v) is 13.1. The number of oxazole rings is 1. The molecule has 2 aliphatic rings. The molecule has 4 atom stereocenters. The number of carbonyl (C=O) groups is 2. The highest BCUT2D eigenvalue weighted by atomic mass is 16.5. The number of carbonyl (C=O) groups excluding carboxylic acids is 2. The van der Waals surface area contributed by atoms with Gasteiger partial charge in [0.1, 0.15) is 6.26 Å². The average Bonchev–Trinajstić information content (AvgIpc) is 3.62. The molecule has 1 amide bonds. The van der Waals surface area contributed by atoms with E-state index in [2.05, 4.69) is 29.4 Å². The minimum absolute atomic E-state index is 0.0259. The van der Waals surface area contributed by atoms with E-state index in [4.69, 9.17) is 13.9 Å². The van der Waals surface area contributed by atoms with Crippen LogP contribution in [0.3, 0.4) is 0 Å². The predicted octanol–water partition coefficient (Wildman–Crippen LogP) is 4.98. The number of rotatable bonds is 13. The number of methoxy groups -OCH3 is 1. The van der Waals surface area contributed by atoms with Crippen LogP contribution in [-0.4, -0.2) is 42.7 Å². The van der Waals surface area contributed by atoms with Crippen LogP contribution in [0.15, 0.2) is 34.9 Å². The Morgan fingerprint density at radius 2 is 1.86 bits per heavy atom. The lowest BCUT2D eigenvalue weighted by atomic mass is 9.75. The molecule has 2 aromatic rings. The van der Waals surface area contributed by atoms with E-state index in [1.165, 1.54) is 38.2 Å². The number of unbranched alkanes of at least 4 members (excludes halogenated alkanes) is 4. The van der Waals surface area contributed by atoms with Crippen molar-refractivity contribution in [1.29, 1.82) is 0 Å². The summed E-state index contributed by atoms with van der Waals surface area (Å²) in [7, 11) is 1.42. The van der Waals surface area contributed by atoms with Gasteiger partial charge in [0, 0.05) is 18.9 Å². The Morgan fingerprint density at radius 3 is 2.66 bits per heavy atom. The van der Waals surface area contributed by atoms with Crippen molar-refractivity contribution in [2.45, 2.75) is 89.3 Å². The minimum Gasteiger partial charge on any atom is -0.469 e. The number of aryl methyl sites for hydroxylation is 1. The van der Waals surface area contributed by atoms with Crippen LogP contribution < -0.4 is 5.32 Å². The van der Waals surface area contributed by atoms with Crippen molar-refractivity contribution in [3.8, 4) is 0 Å². The van der Waals surface area contributed by atoms with Gasteiger partial charge in [-0.3, -0.25) is 9.59 Å². The summed E-state index contributed by atoms with van der Waals surface area (Å²) in [5, 5.41) is 2.97. The molecule has 1 aromatic heterocycles. The number of nitrogens with zero attached hydrogens (tertiary/aromatic N) is 1. The van der Waals surface area contributed by atoms with Crippen molar-refractivity contribution < 1.29 is 23.5 Å². The lowest BCUT2D eigenvalue weighted by molar-refractivity contribution is -0.140. The molecular formula is C28H38N2O5. The number of ether oxygens (including phenoxy) is 2. The van der Waals surface area contributed by atoms with Crippen molar-refractivity contribution in [2.75, 3.05) is 13.7 Å². The average molecular weight is 483 g/mol. The molecule has 3 heterocycles. The fourth-order valence-corrected chi connectivity index (χ4v) is 5.54. The molecule has 2 bridgehead atoms. The Kier molecular flexibility index (Phi) is 8.96. The van der Waals surface area contributed by atoms with Crippen molar-refractivity contribution in [3.05, 3.63) is 53.2 Å². The zero-order valence-corrected chi connectivity index (χ0v) is 21.0. The second-order valence-electron chi connectivity index (χ2n) is 9.77. The van der Waals surface area contributed by atoms with Crippen molar-refractivity contribution >= 4 is 11.9 Å². The van der Waals surface area contributed by atoms with Crippen LogP contribution in [0.2, 0.25) is 0 Å². The van der Waals surface area contributed by atoms with Gasteiger partial charge in [0.25, 0.3) is 5.91 Å². The fourth-order valence-electron chi connectivity index (χ4n) is 5.54. The quantitative estimate of drug-likeness (QED) is 0.320. The number of amides is 1. The van der Waals surface area contributed by atoms with Gasteiger partial charge in [0.05, 0.1) is 25.2 Å². The van der Waals surface area contributed by atoms with Gasteiger partial charge >= 0.3 is 5.97 Å². The number of hydrogen-bond donors (Lipinski definition) is 1. The van der Waals surface area contributed by atoms with Gasteiger partial charge in [0.2, 0.25) is 5.89 Å². The predicted molar refractivity (Wildman–Crippen MR) is 132 cm³/mol. The van der Waals surface area contributed by atoms with Gasteiger partial charge in [-0.25, -0.2) is 4.98 Å². The summed E-state index contributed by atoms with van der Waals surface area (Å²) in [5.74, 6) is 0.471. The Morgan fingerprint density at radius 1 is 1.09 bits per heavy atom. The Hall–Kier alpha value is -2.67. The molecule has 0 unspecified atom stereocenters. The second kappa shape index (κ2) is 12.3. The molecule has 7 nitrogen and oxygen atoms in total. The van der Waals surface area contributed by atoms with E-state index in [-0.39, 0.29) is 35.9 Å². The maximum Gasteiger partial charge on any atom is 0.305 e. The standard InChI is InChI=1S/C28H38N2O5/c1-3-4-5-6-9-16-29-27(32)22-18-34-28(30-22)26-21(23-13-14-24(26)35-23)17-20-11-8-7-10-19(20)12-15-25(31)33-2/h7-8,10-11,18,21,23-24,26H,3-6,9,12-17H2,1-2H3,(H,29,32)/t21-,23-,24+,26-/m0/s1. The van der Waals surface area contributed by atoms with Crippen LogP contribution >= 0.6 is 0 Å². The third kappa shape index (κ3) is 6.31. The van der Waals surface area contributed by atoms with E-state index >= 15 is 0 Å². The highest BCUT2D eigenvalue weighted by molar-refractivity contribution is 5.91. The highest BCUT2D eigenvalue weighted by Gasteiger charge is 2.51. The number of aromatic nitrogens is 1. The second-order valence-corrected chi connectivity index (χ2v) is 9.77. The summed E-state index contributed by atoms with van der Waals surface area (Å²) in [6.45, 7) is 2.85. The summed E-state index contributed by atoms with van der Waals surface area (Å²) in [5.41, 5.74) is 2.72. The lowest BCUT2D eigenvalue weighted by Gasteiger charge is -2.26. The molecule has 2 fully saturated rings. The molecule has 1 aromatic carbocycles. The molecule has 35 heavy (non-hydrogen) atoms. The third-order valence-corrected chi connectivity index (χ3v) is 7.43. The normalized spacial score (nSPS) is 22.9. The molecule has 0 radical (unpaired) electrons. The molecule has 7 heteroatoms. The first kappa shape index (κ1) is 25.4. The van der Waals surface area contributed by atoms with Crippen LogP contribution in [-0.2, 0) is 27.1 Å². The number of esters is 1. The van der Waals surface area contributed by atoms with Gasteiger partial charge in [0.15, 0.2) is 5.69 Å². The first-order valence-electron chi connectivity index (χ1n) is 13.1. The van der Waals surface area contributed by atoms with E-state index in [9.17, 15) is 9.59 Å². The van der Waals surface area contributed by atoms with Crippen molar-refractivity contribution in [2.24, 2.45) is 5.92 Å². The van der Waals surface area contributed by atoms with Crippen LogP contribution in [0.25, 0.3) is 0 Å². The molecule has 1 N–H and O–H groups in total. The van der Waals surface area contributed by atoms with E-state index < -0.39 is 0 Å². The van der Waals surface area contributed by atoms with E-state index in [0.717, 1.165) is 37.7 Å². The Labute approximate surface area is 208 Å². The molecule has 4 rings (SSSR count). The fraction of sp³-hybridized carbons (Fsp3) is 0.607. The van der Waals surface area contributed by atoms with Crippen LogP contribution in [0.5, 0.6) is 0 Å². The summed E-state index contributed by atoms with van der Waals surface area (Å²) in [4.78, 5) is 28.9. The SMILES string of the molecule is CCCCCCCNC(=O)c1coc([C@H]2[C@@H](Cc3ccccc3CCC(=O)OC)[C@@H]3CC[C@H]2O3)n1. The molecule has 2 saturated heterocycles. The van der Waals surface area contributed by atoms with Crippen molar-refractivity contribution in [3.63, 3.8) is 0 Å². The summed E-state index contributed by atoms with van der Waals surface area (Å²) in [6, 6.07) is 8.26. The van der Waals surface area contributed by atoms with E-state index in [1.807, 2.05) is 12.1 Å². The van der Waals surface area contributed by atoms with Gasteiger partial charge in [-0.2, -0.15) is 0 Å². The molecule has 0 aliphatic carbocycles. The number of benzene rings is 1.